The lowest BCUT2D eigenvalue weighted by Crippen LogP contribution is -2.95. The van der Waals surface area contributed by atoms with Gasteiger partial charge in [0.05, 0.1) is 0 Å². The molecule has 1 rings (SSSR count). The number of hydrogen-bond donors (Lipinski definition) is 7. The van der Waals surface area contributed by atoms with Crippen LogP contribution in [0, 0.1) is 0 Å². The first-order valence-electron chi connectivity index (χ1n) is 7.89. The van der Waals surface area contributed by atoms with Crippen molar-refractivity contribution in [3.8, 4) is 0 Å². The number of halogens is 2. The Labute approximate surface area is 144 Å². The number of nitrogens with one attached hydrogen (secondary N) is 7. The van der Waals surface area contributed by atoms with E-state index in [-0.39, 0.29) is 12.1 Å². The molecule has 7 N–H and O–H groups in total. The van der Waals surface area contributed by atoms with E-state index in [1.54, 1.807) is 0 Å². The van der Waals surface area contributed by atoms with Crippen molar-refractivity contribution in [2.24, 2.45) is 0 Å². The SMILES string of the molecule is CCNC1(NC(C)C)NC(Cl)(Cl)NC(NCC)(NC(C)C)N1. The molecule has 1 aliphatic rings. The number of hydrogen-bond acceptors (Lipinski definition) is 7. The van der Waals surface area contributed by atoms with E-state index < -0.39 is 16.4 Å². The Balaban J connectivity index is 3.17. The lowest BCUT2D eigenvalue weighted by atomic mass is 10.3. The van der Waals surface area contributed by atoms with Crippen molar-refractivity contribution in [3.05, 3.63) is 0 Å². The molecule has 132 valence electrons. The van der Waals surface area contributed by atoms with Crippen LogP contribution in [0.1, 0.15) is 41.5 Å². The normalized spacial score (nSPS) is 31.9. The molecule has 0 spiro atoms. The van der Waals surface area contributed by atoms with Crippen molar-refractivity contribution >= 4 is 23.2 Å². The van der Waals surface area contributed by atoms with Gasteiger partial charge in [-0.3, -0.25) is 21.3 Å². The van der Waals surface area contributed by atoms with Gasteiger partial charge < -0.3 is 0 Å². The Morgan fingerprint density at radius 1 is 0.773 bits per heavy atom. The fourth-order valence-corrected chi connectivity index (χ4v) is 3.23. The summed E-state index contributed by atoms with van der Waals surface area (Å²) >= 11 is 12.8. The summed E-state index contributed by atoms with van der Waals surface area (Å²) in [5.41, 5.74) is 0. The van der Waals surface area contributed by atoms with Crippen LogP contribution in [0.5, 0.6) is 0 Å². The number of rotatable bonds is 8. The van der Waals surface area contributed by atoms with Gasteiger partial charge in [-0.25, -0.2) is 16.0 Å². The van der Waals surface area contributed by atoms with Crippen LogP contribution in [0.3, 0.4) is 0 Å². The number of alkyl halides is 2. The van der Waals surface area contributed by atoms with E-state index in [1.165, 1.54) is 0 Å². The van der Waals surface area contributed by atoms with Gasteiger partial charge in [0, 0.05) is 12.1 Å². The Bertz CT molecular complexity index is 323. The van der Waals surface area contributed by atoms with Crippen molar-refractivity contribution in [2.45, 2.75) is 70.0 Å². The van der Waals surface area contributed by atoms with Gasteiger partial charge in [0.25, 0.3) is 0 Å². The minimum absolute atomic E-state index is 0.194. The van der Waals surface area contributed by atoms with Crippen LogP contribution in [0.25, 0.3) is 0 Å². The highest BCUT2D eigenvalue weighted by atomic mass is 35.5. The fraction of sp³-hybridized carbons (Fsp3) is 1.00. The lowest BCUT2D eigenvalue weighted by Gasteiger charge is -2.56. The molecule has 2 atom stereocenters. The van der Waals surface area contributed by atoms with E-state index in [9.17, 15) is 0 Å². The first kappa shape index (κ1) is 20.3. The lowest BCUT2D eigenvalue weighted by molar-refractivity contribution is -0.0358. The van der Waals surface area contributed by atoms with Crippen molar-refractivity contribution in [1.82, 2.24) is 37.2 Å². The molecule has 0 bridgehead atoms. The maximum absolute atomic E-state index is 6.42. The molecule has 1 fully saturated rings. The zero-order valence-corrected chi connectivity index (χ0v) is 15.8. The highest BCUT2D eigenvalue weighted by Crippen LogP contribution is 2.23. The summed E-state index contributed by atoms with van der Waals surface area (Å²) in [5, 5.41) is 23.3. The van der Waals surface area contributed by atoms with Crippen molar-refractivity contribution < 1.29 is 0 Å². The monoisotopic (exact) mass is 355 g/mol. The molecule has 1 heterocycles. The van der Waals surface area contributed by atoms with Crippen molar-refractivity contribution in [2.75, 3.05) is 13.1 Å². The van der Waals surface area contributed by atoms with E-state index in [4.69, 9.17) is 23.2 Å². The summed E-state index contributed by atoms with van der Waals surface area (Å²) in [6.45, 7) is 13.7. The third-order valence-corrected chi connectivity index (χ3v) is 3.34. The van der Waals surface area contributed by atoms with Gasteiger partial charge in [-0.15, -0.1) is 0 Å². The topological polar surface area (TPSA) is 84.2 Å². The zero-order chi connectivity index (χ0) is 17.0. The summed E-state index contributed by atoms with van der Waals surface area (Å²) < 4.78 is -1.35. The average Bonchev–Trinajstić information content (AvgIpc) is 2.23. The predicted molar refractivity (Wildman–Crippen MR) is 93.2 cm³/mol. The molecule has 7 nitrogen and oxygen atoms in total. The van der Waals surface area contributed by atoms with E-state index in [1.807, 2.05) is 13.8 Å². The highest BCUT2D eigenvalue weighted by molar-refractivity contribution is 6.47. The van der Waals surface area contributed by atoms with Gasteiger partial charge in [-0.1, -0.05) is 37.0 Å². The van der Waals surface area contributed by atoms with Gasteiger partial charge in [0.2, 0.25) is 4.58 Å². The molecule has 1 aliphatic heterocycles. The summed E-state index contributed by atoms with van der Waals surface area (Å²) in [6, 6.07) is 0.388. The molecular formula is C13H31Cl2N7. The molecular weight excluding hydrogens is 325 g/mol. The third-order valence-electron chi connectivity index (χ3n) is 2.96. The van der Waals surface area contributed by atoms with Crippen LogP contribution >= 0.6 is 23.2 Å². The maximum Gasteiger partial charge on any atom is 0.231 e. The third kappa shape index (κ3) is 5.74. The molecule has 22 heavy (non-hydrogen) atoms. The minimum Gasteiger partial charge on any atom is -0.274 e. The molecule has 0 aromatic heterocycles. The van der Waals surface area contributed by atoms with Crippen LogP contribution in [0.15, 0.2) is 0 Å². The highest BCUT2D eigenvalue weighted by Gasteiger charge is 2.52. The second-order valence-corrected chi connectivity index (χ2v) is 7.44. The quantitative estimate of drug-likeness (QED) is 0.191. The molecule has 1 saturated heterocycles. The molecule has 0 amide bonds. The van der Waals surface area contributed by atoms with E-state index in [2.05, 4.69) is 64.9 Å². The van der Waals surface area contributed by atoms with Gasteiger partial charge in [-0.2, -0.15) is 0 Å². The Morgan fingerprint density at radius 2 is 1.14 bits per heavy atom. The molecule has 0 aromatic carbocycles. The summed E-state index contributed by atoms with van der Waals surface area (Å²) in [4.78, 5) is 0. The van der Waals surface area contributed by atoms with Crippen LogP contribution in [-0.2, 0) is 0 Å². The average molecular weight is 356 g/mol. The molecule has 9 heteroatoms. The van der Waals surface area contributed by atoms with Gasteiger partial charge in [-0.05, 0) is 40.8 Å². The molecule has 2 unspecified atom stereocenters. The van der Waals surface area contributed by atoms with Gasteiger partial charge >= 0.3 is 0 Å². The second kappa shape index (κ2) is 7.92. The van der Waals surface area contributed by atoms with Crippen molar-refractivity contribution in [3.63, 3.8) is 0 Å². The molecule has 0 radical (unpaired) electrons. The summed E-state index contributed by atoms with van der Waals surface area (Å²) in [5.74, 6) is -1.69. The van der Waals surface area contributed by atoms with E-state index in [0.29, 0.717) is 13.1 Å². The molecule has 0 aromatic rings. The summed E-state index contributed by atoms with van der Waals surface area (Å²) in [7, 11) is 0. The predicted octanol–water partition coefficient (Wildman–Crippen LogP) is 0.295. The van der Waals surface area contributed by atoms with E-state index in [0.717, 1.165) is 0 Å². The summed E-state index contributed by atoms with van der Waals surface area (Å²) in [6.07, 6.45) is 0. The van der Waals surface area contributed by atoms with Gasteiger partial charge in [0.1, 0.15) is 0 Å². The maximum atomic E-state index is 6.42. The Morgan fingerprint density at radius 3 is 1.41 bits per heavy atom. The van der Waals surface area contributed by atoms with Crippen LogP contribution < -0.4 is 37.2 Å². The minimum atomic E-state index is -1.35. The largest absolute Gasteiger partial charge is 0.274 e. The second-order valence-electron chi connectivity index (χ2n) is 6.11. The molecule has 0 saturated carbocycles. The molecule has 0 aliphatic carbocycles. The van der Waals surface area contributed by atoms with Crippen LogP contribution in [-0.4, -0.2) is 41.6 Å². The zero-order valence-electron chi connectivity index (χ0n) is 14.3. The van der Waals surface area contributed by atoms with Gasteiger partial charge in [0.15, 0.2) is 11.8 Å². The first-order valence-corrected chi connectivity index (χ1v) is 8.64. The standard InChI is InChI=1S/C13H31Cl2N7/c1-7-16-12(18-9(3)4)20-11(14,15)21-13(22-12,17-8-2)19-10(5)6/h9-10,16-22H,7-8H2,1-6H3. The van der Waals surface area contributed by atoms with Crippen molar-refractivity contribution in [1.29, 1.82) is 0 Å². The van der Waals surface area contributed by atoms with E-state index >= 15 is 0 Å². The smallest absolute Gasteiger partial charge is 0.231 e. The Kier molecular flexibility index (Phi) is 7.32. The fourth-order valence-electron chi connectivity index (χ4n) is 2.67. The van der Waals surface area contributed by atoms with Crippen LogP contribution in [0.4, 0.5) is 0 Å². The first-order chi connectivity index (χ1) is 10.1. The Hall–Kier alpha value is 0.300. The van der Waals surface area contributed by atoms with Crippen LogP contribution in [0.2, 0.25) is 0 Å².